The predicted molar refractivity (Wildman–Crippen MR) is 72.2 cm³/mol. The molecule has 0 saturated carbocycles. The Morgan fingerprint density at radius 3 is 1.47 bits per heavy atom. The first-order valence-electron chi connectivity index (χ1n) is 5.70. The van der Waals surface area contributed by atoms with Gasteiger partial charge in [0.2, 0.25) is 0 Å². The van der Waals surface area contributed by atoms with Gasteiger partial charge < -0.3 is 0 Å². The van der Waals surface area contributed by atoms with Crippen molar-refractivity contribution in [2.45, 2.75) is 10.7 Å². The molecular formula is C14H14N2S. The van der Waals surface area contributed by atoms with Crippen molar-refractivity contribution in [2.75, 3.05) is 0 Å². The van der Waals surface area contributed by atoms with E-state index in [2.05, 4.69) is 59.4 Å². The van der Waals surface area contributed by atoms with Gasteiger partial charge in [-0.2, -0.15) is 0 Å². The molecule has 1 fully saturated rings. The molecule has 0 spiro atoms. The first-order chi connectivity index (χ1) is 8.43. The van der Waals surface area contributed by atoms with Gasteiger partial charge in [-0.25, -0.2) is 10.9 Å². The zero-order valence-electron chi connectivity index (χ0n) is 9.34. The van der Waals surface area contributed by atoms with E-state index in [9.17, 15) is 0 Å². The highest BCUT2D eigenvalue weighted by molar-refractivity contribution is 7.99. The second-order valence-corrected chi connectivity index (χ2v) is 5.22. The summed E-state index contributed by atoms with van der Waals surface area (Å²) in [5, 5.41) is 0.641. The number of thioether (sulfide) groups is 1. The number of benzene rings is 2. The SMILES string of the molecule is c1ccc(C2NNC(c3ccccc3)S2)cc1. The number of hydrazine groups is 1. The lowest BCUT2D eigenvalue weighted by atomic mass is 10.2. The molecule has 17 heavy (non-hydrogen) atoms. The highest BCUT2D eigenvalue weighted by Crippen LogP contribution is 2.40. The van der Waals surface area contributed by atoms with Crippen molar-refractivity contribution in [3.63, 3.8) is 0 Å². The standard InChI is InChI=1S/C14H14N2S/c1-3-7-11(8-4-1)13-15-16-14(17-13)12-9-5-2-6-10-12/h1-10,13-16H. The van der Waals surface area contributed by atoms with Crippen LogP contribution in [-0.4, -0.2) is 0 Å². The minimum Gasteiger partial charge on any atom is -0.239 e. The van der Waals surface area contributed by atoms with Crippen LogP contribution in [0.2, 0.25) is 0 Å². The van der Waals surface area contributed by atoms with Crippen molar-refractivity contribution < 1.29 is 0 Å². The van der Waals surface area contributed by atoms with Crippen LogP contribution in [0.1, 0.15) is 21.9 Å². The van der Waals surface area contributed by atoms with E-state index in [1.165, 1.54) is 11.1 Å². The van der Waals surface area contributed by atoms with Crippen LogP contribution < -0.4 is 10.9 Å². The van der Waals surface area contributed by atoms with Crippen LogP contribution >= 0.6 is 11.8 Å². The van der Waals surface area contributed by atoms with Crippen molar-refractivity contribution in [3.8, 4) is 0 Å². The normalized spacial score (nSPS) is 23.8. The Morgan fingerprint density at radius 1 is 0.647 bits per heavy atom. The van der Waals surface area contributed by atoms with E-state index in [0.29, 0.717) is 10.7 Å². The van der Waals surface area contributed by atoms with Gasteiger partial charge in [-0.15, -0.1) is 11.8 Å². The smallest absolute Gasteiger partial charge is 0.0936 e. The molecule has 0 aliphatic carbocycles. The number of hydrogen-bond acceptors (Lipinski definition) is 3. The zero-order valence-corrected chi connectivity index (χ0v) is 10.2. The van der Waals surface area contributed by atoms with Crippen molar-refractivity contribution >= 4 is 11.8 Å². The lowest BCUT2D eigenvalue weighted by Gasteiger charge is -2.09. The molecule has 0 amide bonds. The molecule has 2 nitrogen and oxygen atoms in total. The molecule has 86 valence electrons. The highest BCUT2D eigenvalue weighted by atomic mass is 32.2. The highest BCUT2D eigenvalue weighted by Gasteiger charge is 2.26. The Hall–Kier alpha value is -1.29. The number of nitrogens with one attached hydrogen (secondary N) is 2. The molecule has 2 atom stereocenters. The summed E-state index contributed by atoms with van der Waals surface area (Å²) in [6.45, 7) is 0. The lowest BCUT2D eigenvalue weighted by molar-refractivity contribution is 0.555. The average molecular weight is 242 g/mol. The fraction of sp³-hybridized carbons (Fsp3) is 0.143. The van der Waals surface area contributed by atoms with E-state index in [1.54, 1.807) is 0 Å². The van der Waals surface area contributed by atoms with Gasteiger partial charge in [0.05, 0.1) is 10.7 Å². The Morgan fingerprint density at radius 2 is 1.06 bits per heavy atom. The molecule has 2 aromatic rings. The Bertz CT molecular complexity index is 427. The van der Waals surface area contributed by atoms with Gasteiger partial charge in [0.15, 0.2) is 0 Å². The summed E-state index contributed by atoms with van der Waals surface area (Å²) in [6.07, 6.45) is 0. The second-order valence-electron chi connectivity index (χ2n) is 4.01. The van der Waals surface area contributed by atoms with E-state index < -0.39 is 0 Å². The predicted octanol–water partition coefficient (Wildman–Crippen LogP) is 3.23. The summed E-state index contributed by atoms with van der Waals surface area (Å²) in [5.74, 6) is 0. The molecule has 2 unspecified atom stereocenters. The maximum Gasteiger partial charge on any atom is 0.0936 e. The third-order valence-electron chi connectivity index (χ3n) is 2.82. The molecule has 1 saturated heterocycles. The van der Waals surface area contributed by atoms with Crippen LogP contribution in [0.3, 0.4) is 0 Å². The quantitative estimate of drug-likeness (QED) is 0.845. The summed E-state index contributed by atoms with van der Waals surface area (Å²) in [6, 6.07) is 21.0. The van der Waals surface area contributed by atoms with Gasteiger partial charge >= 0.3 is 0 Å². The van der Waals surface area contributed by atoms with E-state index in [-0.39, 0.29) is 0 Å². The summed E-state index contributed by atoms with van der Waals surface area (Å²) in [4.78, 5) is 0. The molecule has 3 rings (SSSR count). The van der Waals surface area contributed by atoms with E-state index in [4.69, 9.17) is 0 Å². The van der Waals surface area contributed by atoms with Crippen molar-refractivity contribution in [3.05, 3.63) is 71.8 Å². The fourth-order valence-corrected chi connectivity index (χ4v) is 3.11. The zero-order chi connectivity index (χ0) is 11.5. The third kappa shape index (κ3) is 2.36. The molecule has 0 bridgehead atoms. The molecular weight excluding hydrogens is 228 g/mol. The number of rotatable bonds is 2. The molecule has 0 radical (unpaired) electrons. The Labute approximate surface area is 105 Å². The maximum atomic E-state index is 3.33. The van der Waals surface area contributed by atoms with Gasteiger partial charge in [-0.1, -0.05) is 60.7 Å². The second kappa shape index (κ2) is 4.92. The van der Waals surface area contributed by atoms with E-state index in [0.717, 1.165) is 0 Å². The lowest BCUT2D eigenvalue weighted by Crippen LogP contribution is -2.26. The summed E-state index contributed by atoms with van der Waals surface area (Å²) in [7, 11) is 0. The van der Waals surface area contributed by atoms with Crippen LogP contribution in [0, 0.1) is 0 Å². The van der Waals surface area contributed by atoms with Crippen molar-refractivity contribution in [2.24, 2.45) is 0 Å². The van der Waals surface area contributed by atoms with Crippen LogP contribution in [0.5, 0.6) is 0 Å². The van der Waals surface area contributed by atoms with Crippen LogP contribution in [-0.2, 0) is 0 Å². The molecule has 2 aromatic carbocycles. The van der Waals surface area contributed by atoms with Gasteiger partial charge in [0.1, 0.15) is 0 Å². The Balaban J connectivity index is 1.75. The van der Waals surface area contributed by atoms with E-state index >= 15 is 0 Å². The molecule has 3 heteroatoms. The molecule has 2 N–H and O–H groups in total. The first kappa shape index (κ1) is 10.8. The summed E-state index contributed by atoms with van der Waals surface area (Å²) < 4.78 is 0. The summed E-state index contributed by atoms with van der Waals surface area (Å²) >= 11 is 1.89. The summed E-state index contributed by atoms with van der Waals surface area (Å²) in [5.41, 5.74) is 9.29. The molecule has 1 aliphatic rings. The molecule has 1 aliphatic heterocycles. The minimum absolute atomic E-state index is 0.321. The van der Waals surface area contributed by atoms with Gasteiger partial charge in [-0.05, 0) is 11.1 Å². The fourth-order valence-electron chi connectivity index (χ4n) is 1.93. The van der Waals surface area contributed by atoms with E-state index in [1.807, 2.05) is 23.9 Å². The maximum absolute atomic E-state index is 3.33. The topological polar surface area (TPSA) is 24.1 Å². The van der Waals surface area contributed by atoms with Crippen molar-refractivity contribution in [1.29, 1.82) is 0 Å². The van der Waals surface area contributed by atoms with Crippen molar-refractivity contribution in [1.82, 2.24) is 10.9 Å². The number of hydrogen-bond donors (Lipinski definition) is 2. The van der Waals surface area contributed by atoms with Gasteiger partial charge in [-0.3, -0.25) is 0 Å². The van der Waals surface area contributed by atoms with Crippen LogP contribution in [0.15, 0.2) is 60.7 Å². The monoisotopic (exact) mass is 242 g/mol. The van der Waals surface area contributed by atoms with Gasteiger partial charge in [0.25, 0.3) is 0 Å². The third-order valence-corrected chi connectivity index (χ3v) is 4.15. The van der Waals surface area contributed by atoms with Crippen LogP contribution in [0.25, 0.3) is 0 Å². The Kier molecular flexibility index (Phi) is 3.14. The largest absolute Gasteiger partial charge is 0.239 e. The average Bonchev–Trinajstić information content (AvgIpc) is 2.90. The first-order valence-corrected chi connectivity index (χ1v) is 6.64. The molecule has 1 heterocycles. The van der Waals surface area contributed by atoms with Crippen LogP contribution in [0.4, 0.5) is 0 Å². The molecule has 0 aromatic heterocycles. The van der Waals surface area contributed by atoms with Gasteiger partial charge in [0, 0.05) is 0 Å². The minimum atomic E-state index is 0.321.